The van der Waals surface area contributed by atoms with Crippen molar-refractivity contribution < 1.29 is 0 Å². The number of rotatable bonds is 4. The fourth-order valence-electron chi connectivity index (χ4n) is 1.81. The van der Waals surface area contributed by atoms with Crippen LogP contribution in [-0.2, 0) is 12.8 Å². The molecule has 0 atom stereocenters. The fraction of sp³-hybridized carbons (Fsp3) is 0.143. The number of halogens is 1. The van der Waals surface area contributed by atoms with Crippen molar-refractivity contribution in [1.82, 2.24) is 4.98 Å². The first-order valence-corrected chi connectivity index (χ1v) is 6.07. The minimum Gasteiger partial charge on any atom is -0.382 e. The van der Waals surface area contributed by atoms with Crippen LogP contribution in [0.4, 0.5) is 0 Å². The summed E-state index contributed by atoms with van der Waals surface area (Å²) >= 11 is 5.84. The lowest BCUT2D eigenvalue weighted by molar-refractivity contribution is 0.943. The van der Waals surface area contributed by atoms with Gasteiger partial charge in [-0.1, -0.05) is 29.8 Å². The molecular formula is C14H14ClN3. The second-order valence-electron chi connectivity index (χ2n) is 4.05. The minimum absolute atomic E-state index is 0.0155. The molecule has 1 aromatic carbocycles. The molecule has 18 heavy (non-hydrogen) atoms. The highest BCUT2D eigenvalue weighted by molar-refractivity contribution is 6.30. The van der Waals surface area contributed by atoms with E-state index in [1.165, 1.54) is 5.56 Å². The second kappa shape index (κ2) is 5.65. The van der Waals surface area contributed by atoms with Crippen LogP contribution in [0.5, 0.6) is 0 Å². The molecule has 0 aliphatic heterocycles. The van der Waals surface area contributed by atoms with Crippen LogP contribution in [0, 0.1) is 5.41 Å². The van der Waals surface area contributed by atoms with Gasteiger partial charge >= 0.3 is 0 Å². The number of nitrogens with two attached hydrogens (primary N) is 1. The summed E-state index contributed by atoms with van der Waals surface area (Å²) in [6.45, 7) is 0. The Morgan fingerprint density at radius 1 is 1.17 bits per heavy atom. The number of pyridine rings is 1. The molecule has 92 valence electrons. The summed E-state index contributed by atoms with van der Waals surface area (Å²) in [5, 5.41) is 8.23. The summed E-state index contributed by atoms with van der Waals surface area (Å²) in [6, 6.07) is 11.6. The van der Waals surface area contributed by atoms with Gasteiger partial charge in [0.1, 0.15) is 11.5 Å². The third-order valence-electron chi connectivity index (χ3n) is 2.74. The Morgan fingerprint density at radius 3 is 2.56 bits per heavy atom. The van der Waals surface area contributed by atoms with E-state index in [2.05, 4.69) is 4.98 Å². The van der Waals surface area contributed by atoms with E-state index in [9.17, 15) is 0 Å². The first-order chi connectivity index (χ1) is 8.66. The van der Waals surface area contributed by atoms with E-state index in [0.717, 1.165) is 23.4 Å². The number of benzene rings is 1. The minimum atomic E-state index is 0.0155. The molecule has 0 aliphatic rings. The van der Waals surface area contributed by atoms with E-state index < -0.39 is 0 Å². The highest BCUT2D eigenvalue weighted by Crippen LogP contribution is 2.13. The maximum Gasteiger partial charge on any atom is 0.142 e. The van der Waals surface area contributed by atoms with E-state index in [1.807, 2.05) is 36.4 Å². The summed E-state index contributed by atoms with van der Waals surface area (Å²) in [6.07, 6.45) is 3.34. The van der Waals surface area contributed by atoms with Crippen LogP contribution in [0.2, 0.25) is 5.02 Å². The predicted octanol–water partition coefficient (Wildman–Crippen LogP) is 2.80. The number of hydrogen-bond donors (Lipinski definition) is 2. The van der Waals surface area contributed by atoms with Gasteiger partial charge in [0.05, 0.1) is 0 Å². The van der Waals surface area contributed by atoms with Gasteiger partial charge in [-0.25, -0.2) is 0 Å². The van der Waals surface area contributed by atoms with Crippen molar-refractivity contribution in [2.45, 2.75) is 12.8 Å². The van der Waals surface area contributed by atoms with Crippen molar-refractivity contribution in [2.75, 3.05) is 0 Å². The molecule has 2 rings (SSSR count). The molecule has 0 radical (unpaired) electrons. The normalized spacial score (nSPS) is 10.3. The van der Waals surface area contributed by atoms with Crippen molar-refractivity contribution in [1.29, 1.82) is 5.41 Å². The van der Waals surface area contributed by atoms with E-state index in [4.69, 9.17) is 22.7 Å². The van der Waals surface area contributed by atoms with Crippen molar-refractivity contribution in [3.8, 4) is 0 Å². The molecule has 0 fully saturated rings. The molecule has 0 unspecified atom stereocenters. The Hall–Kier alpha value is -1.87. The second-order valence-corrected chi connectivity index (χ2v) is 4.49. The van der Waals surface area contributed by atoms with Crippen molar-refractivity contribution in [2.24, 2.45) is 5.73 Å². The van der Waals surface area contributed by atoms with Crippen LogP contribution in [0.25, 0.3) is 0 Å². The number of hydrogen-bond acceptors (Lipinski definition) is 2. The Bertz CT molecular complexity index is 549. The van der Waals surface area contributed by atoms with Gasteiger partial charge in [-0.3, -0.25) is 10.4 Å². The van der Waals surface area contributed by atoms with Crippen LogP contribution in [0.15, 0.2) is 42.6 Å². The smallest absolute Gasteiger partial charge is 0.142 e. The van der Waals surface area contributed by atoms with Crippen molar-refractivity contribution in [3.63, 3.8) is 0 Å². The number of aryl methyl sites for hydroxylation is 2. The predicted molar refractivity (Wildman–Crippen MR) is 74.1 cm³/mol. The highest BCUT2D eigenvalue weighted by atomic mass is 35.5. The molecule has 2 aromatic rings. The lowest BCUT2D eigenvalue weighted by atomic mass is 10.0. The number of nitrogen functional groups attached to an aromatic ring is 1. The van der Waals surface area contributed by atoms with E-state index >= 15 is 0 Å². The van der Waals surface area contributed by atoms with Crippen LogP contribution >= 0.6 is 11.6 Å². The Labute approximate surface area is 111 Å². The molecule has 1 heterocycles. The number of amidine groups is 1. The van der Waals surface area contributed by atoms with Crippen LogP contribution in [-0.4, -0.2) is 10.8 Å². The van der Waals surface area contributed by atoms with Crippen LogP contribution < -0.4 is 5.73 Å². The zero-order valence-corrected chi connectivity index (χ0v) is 10.6. The van der Waals surface area contributed by atoms with Gasteiger partial charge in [0.25, 0.3) is 0 Å². The number of nitrogens with one attached hydrogen (secondary N) is 1. The quantitative estimate of drug-likeness (QED) is 0.655. The van der Waals surface area contributed by atoms with Gasteiger partial charge < -0.3 is 5.73 Å². The van der Waals surface area contributed by atoms with Gasteiger partial charge in [0.2, 0.25) is 0 Å². The highest BCUT2D eigenvalue weighted by Gasteiger charge is 2.06. The molecule has 1 aromatic heterocycles. The molecule has 3 N–H and O–H groups in total. The van der Waals surface area contributed by atoms with E-state index in [0.29, 0.717) is 5.69 Å². The third kappa shape index (κ3) is 3.08. The summed E-state index contributed by atoms with van der Waals surface area (Å²) < 4.78 is 0. The first-order valence-electron chi connectivity index (χ1n) is 5.69. The molecule has 0 bridgehead atoms. The monoisotopic (exact) mass is 259 g/mol. The Balaban J connectivity index is 2.10. The van der Waals surface area contributed by atoms with Gasteiger partial charge in [-0.05, 0) is 42.2 Å². The average molecular weight is 260 g/mol. The van der Waals surface area contributed by atoms with Crippen LogP contribution in [0.1, 0.15) is 16.8 Å². The van der Waals surface area contributed by atoms with Gasteiger partial charge in [-0.15, -0.1) is 0 Å². The largest absolute Gasteiger partial charge is 0.382 e. The summed E-state index contributed by atoms with van der Waals surface area (Å²) in [4.78, 5) is 4.13. The summed E-state index contributed by atoms with van der Waals surface area (Å²) in [5.41, 5.74) is 8.29. The third-order valence-corrected chi connectivity index (χ3v) is 2.99. The molecule has 0 saturated carbocycles. The number of nitrogens with zero attached hydrogens (tertiary/aromatic N) is 1. The van der Waals surface area contributed by atoms with Crippen molar-refractivity contribution >= 4 is 17.4 Å². The zero-order valence-electron chi connectivity index (χ0n) is 9.86. The van der Waals surface area contributed by atoms with Gasteiger partial charge in [-0.2, -0.15) is 0 Å². The standard InChI is InChI=1S/C14H14ClN3/c15-12-7-4-10(5-8-12)3-6-11-2-1-9-18-13(11)14(16)17/h1-2,4-5,7-9H,3,6H2,(H3,16,17). The van der Waals surface area contributed by atoms with Gasteiger partial charge in [0.15, 0.2) is 0 Å². The van der Waals surface area contributed by atoms with E-state index in [1.54, 1.807) is 6.20 Å². The Morgan fingerprint density at radius 2 is 1.89 bits per heavy atom. The summed E-state index contributed by atoms with van der Waals surface area (Å²) in [5.74, 6) is 0.0155. The lowest BCUT2D eigenvalue weighted by Crippen LogP contribution is -2.16. The topological polar surface area (TPSA) is 62.8 Å². The van der Waals surface area contributed by atoms with Gasteiger partial charge in [0, 0.05) is 11.2 Å². The van der Waals surface area contributed by atoms with E-state index in [-0.39, 0.29) is 5.84 Å². The summed E-state index contributed by atoms with van der Waals surface area (Å²) in [7, 11) is 0. The molecule has 0 amide bonds. The molecule has 3 nitrogen and oxygen atoms in total. The molecular weight excluding hydrogens is 246 g/mol. The SMILES string of the molecule is N=C(N)c1ncccc1CCc1ccc(Cl)cc1. The maximum atomic E-state index is 7.49. The fourth-order valence-corrected chi connectivity index (χ4v) is 1.94. The maximum absolute atomic E-state index is 7.49. The molecule has 4 heteroatoms. The van der Waals surface area contributed by atoms with Crippen LogP contribution in [0.3, 0.4) is 0 Å². The molecule has 0 aliphatic carbocycles. The van der Waals surface area contributed by atoms with Crippen molar-refractivity contribution in [3.05, 3.63) is 64.4 Å². The molecule has 0 saturated heterocycles. The lowest BCUT2D eigenvalue weighted by Gasteiger charge is -2.07. The number of aromatic nitrogens is 1. The Kier molecular flexibility index (Phi) is 3.95. The molecule has 0 spiro atoms. The average Bonchev–Trinajstić information content (AvgIpc) is 2.38. The zero-order chi connectivity index (χ0) is 13.0. The first kappa shape index (κ1) is 12.6.